The molecule has 0 fully saturated rings. The summed E-state index contributed by atoms with van der Waals surface area (Å²) in [5, 5.41) is 3.85. The number of ketones is 1. The highest BCUT2D eigenvalue weighted by molar-refractivity contribution is 5.85. The van der Waals surface area contributed by atoms with Crippen LogP contribution in [0.4, 0.5) is 4.39 Å². The van der Waals surface area contributed by atoms with Crippen molar-refractivity contribution in [2.24, 2.45) is 11.1 Å². The molecule has 1 aromatic carbocycles. The minimum atomic E-state index is -0.448. The van der Waals surface area contributed by atoms with Gasteiger partial charge in [-0.2, -0.15) is 4.98 Å². The zero-order valence-electron chi connectivity index (χ0n) is 15.0. The first-order valence-electron chi connectivity index (χ1n) is 7.91. The van der Waals surface area contributed by atoms with E-state index in [1.54, 1.807) is 24.3 Å². The van der Waals surface area contributed by atoms with Crippen molar-refractivity contribution < 1.29 is 18.4 Å². The highest BCUT2D eigenvalue weighted by Crippen LogP contribution is 2.22. The molecule has 8 heteroatoms. The van der Waals surface area contributed by atoms with Crippen LogP contribution >= 0.6 is 12.4 Å². The number of nitrogens with zero attached hydrogens (tertiary/aromatic N) is 2. The summed E-state index contributed by atoms with van der Waals surface area (Å²) in [4.78, 5) is 16.3. The normalized spacial score (nSPS) is 11.8. The Hall–Kier alpha value is -2.25. The fraction of sp³-hybridized carbons (Fsp3) is 0.389. The molecule has 0 radical (unpaired) electrons. The maximum absolute atomic E-state index is 12.4. The van der Waals surface area contributed by atoms with Gasteiger partial charge in [-0.1, -0.05) is 25.9 Å². The molecule has 2 N–H and O–H groups in total. The minimum Gasteiger partial charge on any atom is -0.489 e. The van der Waals surface area contributed by atoms with Crippen molar-refractivity contribution in [2.75, 3.05) is 13.2 Å². The first-order chi connectivity index (χ1) is 11.8. The number of carbonyl (C=O) groups excluding carboxylic acids is 1. The van der Waals surface area contributed by atoms with E-state index in [2.05, 4.69) is 10.1 Å². The first-order valence-corrected chi connectivity index (χ1v) is 7.91. The van der Waals surface area contributed by atoms with Crippen LogP contribution in [0.1, 0.15) is 26.6 Å². The number of Topliss-reactive ketones (excluding diaryl/α,β-unsaturated/α-hetero) is 1. The second-order valence-corrected chi connectivity index (χ2v) is 6.65. The summed E-state index contributed by atoms with van der Waals surface area (Å²) in [7, 11) is 0. The summed E-state index contributed by atoms with van der Waals surface area (Å²) in [5.41, 5.74) is 6.00. The molecule has 142 valence electrons. The molecule has 0 aliphatic carbocycles. The van der Waals surface area contributed by atoms with Crippen LogP contribution in [-0.2, 0) is 11.2 Å². The maximum Gasteiger partial charge on any atom is 0.257 e. The van der Waals surface area contributed by atoms with Crippen LogP contribution in [0.25, 0.3) is 11.5 Å². The van der Waals surface area contributed by atoms with Gasteiger partial charge in [0.05, 0.1) is 12.8 Å². The Morgan fingerprint density at radius 1 is 1.31 bits per heavy atom. The van der Waals surface area contributed by atoms with Gasteiger partial charge in [0.2, 0.25) is 0 Å². The van der Waals surface area contributed by atoms with Crippen molar-refractivity contribution in [2.45, 2.75) is 27.2 Å². The van der Waals surface area contributed by atoms with E-state index >= 15 is 0 Å². The third-order valence-electron chi connectivity index (χ3n) is 3.57. The summed E-state index contributed by atoms with van der Waals surface area (Å²) in [6, 6.07) is 6.93. The lowest BCUT2D eigenvalue weighted by Gasteiger charge is -2.14. The molecule has 0 saturated heterocycles. The molecule has 0 amide bonds. The molecule has 2 aromatic rings. The molecule has 0 bridgehead atoms. The lowest BCUT2D eigenvalue weighted by atomic mass is 9.89. The average Bonchev–Trinajstić information content (AvgIpc) is 3.04. The van der Waals surface area contributed by atoms with Crippen molar-refractivity contribution in [3.8, 4) is 17.2 Å². The summed E-state index contributed by atoms with van der Waals surface area (Å²) in [6.45, 7) is 5.74. The van der Waals surface area contributed by atoms with Crippen LogP contribution < -0.4 is 10.5 Å². The number of carbonyl (C=O) groups is 1. The van der Waals surface area contributed by atoms with Crippen LogP contribution in [-0.4, -0.2) is 29.1 Å². The number of benzene rings is 1. The number of aromatic nitrogens is 2. The van der Waals surface area contributed by atoms with Gasteiger partial charge in [0.1, 0.15) is 18.1 Å². The Morgan fingerprint density at radius 2 is 1.96 bits per heavy atom. The summed E-state index contributed by atoms with van der Waals surface area (Å²) in [5.74, 6) is 1.30. The molecule has 6 nitrogen and oxygen atoms in total. The Bertz CT molecular complexity index is 752. The SMILES string of the molecule is CC(C)(C)C(=O)Cc1noc(-c2ccc(OC/C(=C/F)CN)cc2)n1.Cl. The van der Waals surface area contributed by atoms with E-state index in [0.29, 0.717) is 34.9 Å². The van der Waals surface area contributed by atoms with Gasteiger partial charge in [-0.05, 0) is 24.3 Å². The third-order valence-corrected chi connectivity index (χ3v) is 3.57. The number of nitrogens with two attached hydrogens (primary N) is 1. The zero-order chi connectivity index (χ0) is 18.4. The molecule has 0 aliphatic heterocycles. The zero-order valence-corrected chi connectivity index (χ0v) is 15.8. The number of ether oxygens (including phenoxy) is 1. The van der Waals surface area contributed by atoms with Crippen molar-refractivity contribution >= 4 is 18.2 Å². The molecule has 0 unspecified atom stereocenters. The van der Waals surface area contributed by atoms with Crippen LogP contribution in [0.3, 0.4) is 0 Å². The predicted molar refractivity (Wildman–Crippen MR) is 98.9 cm³/mol. The predicted octanol–water partition coefficient (Wildman–Crippen LogP) is 3.51. The molecule has 1 aromatic heterocycles. The van der Waals surface area contributed by atoms with E-state index in [1.807, 2.05) is 20.8 Å². The summed E-state index contributed by atoms with van der Waals surface area (Å²) >= 11 is 0. The number of hydrogen-bond acceptors (Lipinski definition) is 6. The molecule has 26 heavy (non-hydrogen) atoms. The van der Waals surface area contributed by atoms with Crippen LogP contribution in [0.2, 0.25) is 0 Å². The van der Waals surface area contributed by atoms with Crippen LogP contribution in [0.15, 0.2) is 40.7 Å². The minimum absolute atomic E-state index is 0. The molecular formula is C18H23ClFN3O3. The standard InChI is InChI=1S/C18H22FN3O3.ClH/c1-18(2,3)15(23)8-16-21-17(25-22-16)13-4-6-14(7-5-13)24-11-12(9-19)10-20;/h4-7,9H,8,10-11,20H2,1-3H3;1H/b12-9+;. The van der Waals surface area contributed by atoms with Crippen molar-refractivity contribution in [1.82, 2.24) is 10.1 Å². The van der Waals surface area contributed by atoms with E-state index in [-0.39, 0.29) is 37.8 Å². The van der Waals surface area contributed by atoms with E-state index < -0.39 is 5.41 Å². The van der Waals surface area contributed by atoms with Gasteiger partial charge in [0.25, 0.3) is 5.89 Å². The molecular weight excluding hydrogens is 361 g/mol. The second-order valence-electron chi connectivity index (χ2n) is 6.65. The van der Waals surface area contributed by atoms with Crippen molar-refractivity contribution in [1.29, 1.82) is 0 Å². The summed E-state index contributed by atoms with van der Waals surface area (Å²) in [6.07, 6.45) is 0.582. The van der Waals surface area contributed by atoms with Crippen LogP contribution in [0.5, 0.6) is 5.75 Å². The van der Waals surface area contributed by atoms with Crippen molar-refractivity contribution in [3.05, 3.63) is 42.0 Å². The Labute approximate surface area is 158 Å². The smallest absolute Gasteiger partial charge is 0.257 e. The number of rotatable bonds is 7. The Balaban J connectivity index is 0.00000338. The highest BCUT2D eigenvalue weighted by atomic mass is 35.5. The van der Waals surface area contributed by atoms with Gasteiger partial charge in [0.15, 0.2) is 5.82 Å². The lowest BCUT2D eigenvalue weighted by molar-refractivity contribution is -0.125. The average molecular weight is 384 g/mol. The first kappa shape index (κ1) is 21.8. The van der Waals surface area contributed by atoms with Gasteiger partial charge in [-0.25, -0.2) is 4.39 Å². The van der Waals surface area contributed by atoms with E-state index in [4.69, 9.17) is 15.0 Å². The van der Waals surface area contributed by atoms with E-state index in [0.717, 1.165) is 0 Å². The fourth-order valence-corrected chi connectivity index (χ4v) is 1.86. The van der Waals surface area contributed by atoms with Gasteiger partial charge in [-0.3, -0.25) is 4.79 Å². The number of halogens is 2. The molecule has 0 aliphatic rings. The largest absolute Gasteiger partial charge is 0.489 e. The Morgan fingerprint density at radius 3 is 2.50 bits per heavy atom. The van der Waals surface area contributed by atoms with Gasteiger partial charge >= 0.3 is 0 Å². The van der Waals surface area contributed by atoms with E-state index in [1.165, 1.54) is 0 Å². The lowest BCUT2D eigenvalue weighted by Crippen LogP contribution is -2.22. The van der Waals surface area contributed by atoms with Gasteiger partial charge in [-0.15, -0.1) is 12.4 Å². The van der Waals surface area contributed by atoms with Gasteiger partial charge < -0.3 is 15.0 Å². The van der Waals surface area contributed by atoms with Gasteiger partial charge in [0, 0.05) is 23.1 Å². The highest BCUT2D eigenvalue weighted by Gasteiger charge is 2.23. The third kappa shape index (κ3) is 5.93. The maximum atomic E-state index is 12.4. The molecule has 0 saturated carbocycles. The quantitative estimate of drug-likeness (QED) is 0.786. The van der Waals surface area contributed by atoms with E-state index in [9.17, 15) is 9.18 Å². The number of hydrogen-bond donors (Lipinski definition) is 1. The van der Waals surface area contributed by atoms with Crippen LogP contribution in [0, 0.1) is 5.41 Å². The molecule has 1 heterocycles. The molecule has 0 atom stereocenters. The monoisotopic (exact) mass is 383 g/mol. The topological polar surface area (TPSA) is 91.2 Å². The summed E-state index contributed by atoms with van der Waals surface area (Å²) < 4.78 is 23.1. The second kappa shape index (κ2) is 9.45. The molecule has 2 rings (SSSR count). The van der Waals surface area contributed by atoms with Crippen molar-refractivity contribution in [3.63, 3.8) is 0 Å². The Kier molecular flexibility index (Phi) is 7.92. The fourth-order valence-electron chi connectivity index (χ4n) is 1.86. The molecule has 0 spiro atoms.